The third-order valence-corrected chi connectivity index (χ3v) is 2.35. The van der Waals surface area contributed by atoms with E-state index < -0.39 is 0 Å². The highest BCUT2D eigenvalue weighted by atomic mass is 14.5. The van der Waals surface area contributed by atoms with Crippen molar-refractivity contribution in [3.63, 3.8) is 0 Å². The van der Waals surface area contributed by atoms with Crippen LogP contribution in [0, 0.1) is 6.92 Å². The second kappa shape index (κ2) is 4.32. The van der Waals surface area contributed by atoms with E-state index in [4.69, 9.17) is 5.73 Å². The van der Waals surface area contributed by atoms with Gasteiger partial charge in [-0.25, -0.2) is 0 Å². The Morgan fingerprint density at radius 2 is 2.00 bits per heavy atom. The number of aryl methyl sites for hydroxylation is 1. The molecule has 0 atom stereocenters. The monoisotopic (exact) mass is 189 g/mol. The smallest absolute Gasteiger partial charge is 0.00549 e. The molecule has 0 bridgehead atoms. The van der Waals surface area contributed by atoms with Gasteiger partial charge < -0.3 is 5.73 Å². The quantitative estimate of drug-likeness (QED) is 0.757. The Hall–Kier alpha value is -1.24. The number of hydrogen-bond donors (Lipinski definition) is 1. The lowest BCUT2D eigenvalue weighted by Crippen LogP contribution is -1.93. The van der Waals surface area contributed by atoms with Crippen molar-refractivity contribution in [1.29, 1.82) is 0 Å². The average molecular weight is 189 g/mol. The molecular formula is C13H19N. The molecule has 1 rings (SSSR count). The van der Waals surface area contributed by atoms with E-state index >= 15 is 0 Å². The highest BCUT2D eigenvalue weighted by molar-refractivity contribution is 5.56. The second-order valence-electron chi connectivity index (χ2n) is 4.16. The van der Waals surface area contributed by atoms with Gasteiger partial charge in [-0.15, -0.1) is 0 Å². The summed E-state index contributed by atoms with van der Waals surface area (Å²) >= 11 is 0. The minimum atomic E-state index is 0.570. The number of hydrogen-bond acceptors (Lipinski definition) is 1. The summed E-state index contributed by atoms with van der Waals surface area (Å²) in [6, 6.07) is 6.56. The van der Waals surface area contributed by atoms with Crippen LogP contribution in [0.25, 0.3) is 6.08 Å². The maximum Gasteiger partial charge on any atom is 0.00549 e. The molecule has 0 aliphatic heterocycles. The molecule has 0 aliphatic carbocycles. The Morgan fingerprint density at radius 3 is 2.50 bits per heavy atom. The van der Waals surface area contributed by atoms with Gasteiger partial charge in [0.25, 0.3) is 0 Å². The molecule has 0 unspecified atom stereocenters. The zero-order valence-corrected chi connectivity index (χ0v) is 9.46. The van der Waals surface area contributed by atoms with Crippen LogP contribution in [-0.2, 0) is 0 Å². The molecule has 0 aromatic heterocycles. The van der Waals surface area contributed by atoms with Crippen LogP contribution in [-0.4, -0.2) is 0 Å². The summed E-state index contributed by atoms with van der Waals surface area (Å²) in [5, 5.41) is 0. The van der Waals surface area contributed by atoms with Gasteiger partial charge in [0.1, 0.15) is 0 Å². The van der Waals surface area contributed by atoms with Crippen LogP contribution < -0.4 is 5.73 Å². The van der Waals surface area contributed by atoms with E-state index in [0.717, 1.165) is 5.70 Å². The van der Waals surface area contributed by atoms with Gasteiger partial charge >= 0.3 is 0 Å². The Labute approximate surface area is 86.6 Å². The lowest BCUT2D eigenvalue weighted by Gasteiger charge is -2.08. The van der Waals surface area contributed by atoms with Crippen molar-refractivity contribution in [3.8, 4) is 0 Å². The van der Waals surface area contributed by atoms with Gasteiger partial charge in [-0.2, -0.15) is 0 Å². The molecule has 0 amide bonds. The number of benzene rings is 1. The number of allylic oxidation sites excluding steroid dienone is 1. The van der Waals surface area contributed by atoms with E-state index in [1.165, 1.54) is 16.7 Å². The third kappa shape index (κ3) is 2.63. The fourth-order valence-electron chi connectivity index (χ4n) is 1.42. The standard InChI is InChI=1S/C13H19N/c1-9(2)12-6-5-10(3)13(8-12)7-11(4)14/h5-9H,14H2,1-4H3/b11-7+. The molecule has 0 aliphatic rings. The van der Waals surface area contributed by atoms with E-state index in [1.54, 1.807) is 0 Å². The summed E-state index contributed by atoms with van der Waals surface area (Å²) in [6.45, 7) is 8.43. The summed E-state index contributed by atoms with van der Waals surface area (Å²) in [7, 11) is 0. The molecule has 2 N–H and O–H groups in total. The van der Waals surface area contributed by atoms with Gasteiger partial charge in [0.15, 0.2) is 0 Å². The summed E-state index contributed by atoms with van der Waals surface area (Å²) in [5.74, 6) is 0.570. The fraction of sp³-hybridized carbons (Fsp3) is 0.385. The minimum absolute atomic E-state index is 0.570. The van der Waals surface area contributed by atoms with E-state index in [0.29, 0.717) is 5.92 Å². The van der Waals surface area contributed by atoms with Gasteiger partial charge in [0.05, 0.1) is 0 Å². The van der Waals surface area contributed by atoms with Crippen molar-refractivity contribution in [2.24, 2.45) is 5.73 Å². The molecule has 0 saturated heterocycles. The molecule has 0 fully saturated rings. The molecule has 0 heterocycles. The molecule has 1 heteroatoms. The first-order chi connectivity index (χ1) is 6.50. The number of rotatable bonds is 2. The highest BCUT2D eigenvalue weighted by Gasteiger charge is 2.01. The van der Waals surface area contributed by atoms with Crippen LogP contribution in [0.1, 0.15) is 43.4 Å². The number of nitrogens with two attached hydrogens (primary N) is 1. The first kappa shape index (κ1) is 10.8. The van der Waals surface area contributed by atoms with Crippen LogP contribution in [0.4, 0.5) is 0 Å². The first-order valence-electron chi connectivity index (χ1n) is 5.05. The topological polar surface area (TPSA) is 26.0 Å². The lowest BCUT2D eigenvalue weighted by molar-refractivity contribution is 0.865. The van der Waals surface area contributed by atoms with Gasteiger partial charge in [0, 0.05) is 5.70 Å². The fourth-order valence-corrected chi connectivity index (χ4v) is 1.42. The lowest BCUT2D eigenvalue weighted by atomic mass is 9.97. The predicted molar refractivity (Wildman–Crippen MR) is 63.1 cm³/mol. The van der Waals surface area contributed by atoms with Gasteiger partial charge in [-0.05, 0) is 42.5 Å². The summed E-state index contributed by atoms with van der Waals surface area (Å²) in [6.07, 6.45) is 2.03. The average Bonchev–Trinajstić information content (AvgIpc) is 2.07. The van der Waals surface area contributed by atoms with E-state index in [9.17, 15) is 0 Å². The molecule has 0 spiro atoms. The Bertz CT molecular complexity index is 344. The van der Waals surface area contributed by atoms with Crippen LogP contribution in [0.3, 0.4) is 0 Å². The molecule has 0 radical (unpaired) electrons. The maximum absolute atomic E-state index is 5.68. The molecule has 0 saturated carbocycles. The van der Waals surface area contributed by atoms with Crippen molar-refractivity contribution >= 4 is 6.08 Å². The molecular weight excluding hydrogens is 170 g/mol. The predicted octanol–water partition coefficient (Wildman–Crippen LogP) is 3.44. The van der Waals surface area contributed by atoms with Crippen LogP contribution in [0.5, 0.6) is 0 Å². The Balaban J connectivity index is 3.15. The Morgan fingerprint density at radius 1 is 1.36 bits per heavy atom. The second-order valence-corrected chi connectivity index (χ2v) is 4.16. The molecule has 76 valence electrons. The first-order valence-corrected chi connectivity index (χ1v) is 5.05. The van der Waals surface area contributed by atoms with E-state index in [2.05, 4.69) is 39.0 Å². The molecule has 1 nitrogen and oxygen atoms in total. The van der Waals surface area contributed by atoms with Gasteiger partial charge in [-0.1, -0.05) is 32.0 Å². The van der Waals surface area contributed by atoms with Gasteiger partial charge in [-0.3, -0.25) is 0 Å². The third-order valence-electron chi connectivity index (χ3n) is 2.35. The van der Waals surface area contributed by atoms with Crippen LogP contribution in [0.2, 0.25) is 0 Å². The minimum Gasteiger partial charge on any atom is -0.402 e. The molecule has 14 heavy (non-hydrogen) atoms. The van der Waals surface area contributed by atoms with Crippen LogP contribution in [0.15, 0.2) is 23.9 Å². The SMILES string of the molecule is C/C(N)=C\c1cc(C(C)C)ccc1C. The summed E-state index contributed by atoms with van der Waals surface area (Å²) < 4.78 is 0. The zero-order valence-electron chi connectivity index (χ0n) is 9.46. The summed E-state index contributed by atoms with van der Waals surface area (Å²) in [5.41, 5.74) is 10.4. The molecule has 1 aromatic rings. The van der Waals surface area contributed by atoms with Crippen LogP contribution >= 0.6 is 0 Å². The zero-order chi connectivity index (χ0) is 10.7. The maximum atomic E-state index is 5.68. The van der Waals surface area contributed by atoms with E-state index in [1.807, 2.05) is 13.0 Å². The van der Waals surface area contributed by atoms with Crippen molar-refractivity contribution in [2.75, 3.05) is 0 Å². The van der Waals surface area contributed by atoms with Crippen molar-refractivity contribution in [1.82, 2.24) is 0 Å². The summed E-state index contributed by atoms with van der Waals surface area (Å²) in [4.78, 5) is 0. The van der Waals surface area contributed by atoms with Crippen molar-refractivity contribution in [2.45, 2.75) is 33.6 Å². The largest absolute Gasteiger partial charge is 0.402 e. The van der Waals surface area contributed by atoms with Crippen molar-refractivity contribution < 1.29 is 0 Å². The normalized spacial score (nSPS) is 12.2. The Kier molecular flexibility index (Phi) is 3.34. The highest BCUT2D eigenvalue weighted by Crippen LogP contribution is 2.19. The molecule has 1 aromatic carbocycles. The van der Waals surface area contributed by atoms with E-state index in [-0.39, 0.29) is 0 Å². The van der Waals surface area contributed by atoms with Gasteiger partial charge in [0.2, 0.25) is 0 Å². The van der Waals surface area contributed by atoms with Crippen molar-refractivity contribution in [3.05, 3.63) is 40.6 Å².